The Morgan fingerprint density at radius 3 is 2.53 bits per heavy atom. The first-order valence-electron chi connectivity index (χ1n) is 11.0. The minimum atomic E-state index is -5.08. The summed E-state index contributed by atoms with van der Waals surface area (Å²) in [6.07, 6.45) is -0.171. The molecule has 1 spiro atoms. The summed E-state index contributed by atoms with van der Waals surface area (Å²) in [6.45, 7) is 2.32. The third-order valence-electron chi connectivity index (χ3n) is 5.99. The summed E-state index contributed by atoms with van der Waals surface area (Å²) < 4.78 is 37.8. The first-order valence-corrected chi connectivity index (χ1v) is 11.0. The molecule has 1 atom stereocenters. The Bertz CT molecular complexity index is 1140. The molecule has 1 unspecified atom stereocenters. The number of nitrogens with zero attached hydrogens (tertiary/aromatic N) is 3. The van der Waals surface area contributed by atoms with Crippen LogP contribution in [0.3, 0.4) is 0 Å². The van der Waals surface area contributed by atoms with Crippen LogP contribution in [0, 0.1) is 17.2 Å². The van der Waals surface area contributed by atoms with Gasteiger partial charge in [-0.2, -0.15) is 18.4 Å². The van der Waals surface area contributed by atoms with Crippen molar-refractivity contribution < 1.29 is 37.4 Å². The van der Waals surface area contributed by atoms with Gasteiger partial charge in [0.05, 0.1) is 30.3 Å². The Morgan fingerprint density at radius 2 is 1.92 bits per heavy atom. The molecule has 36 heavy (non-hydrogen) atoms. The Kier molecular flexibility index (Phi) is 8.26. The molecule has 2 aromatic rings. The molecular weight excluding hydrogens is 481 g/mol. The molecule has 0 saturated carbocycles. The maximum atomic E-state index is 12.7. The van der Waals surface area contributed by atoms with Crippen molar-refractivity contribution in [3.05, 3.63) is 65.5 Å². The van der Waals surface area contributed by atoms with Crippen LogP contribution >= 0.6 is 0 Å². The standard InChI is InChI=1S/C22H22N4O3.C2HF3O2/c23-12-16-3-1-4-17(11-16)21(28)26-14-22(15-26)19(7-10-29-22)6-9-25-20(27)18-5-2-8-24-13-18;3-2(4,5)1(6)7/h1-5,8,11,13,19H,6-7,9-10,14-15H2,(H,25,27);(H,6,7). The highest BCUT2D eigenvalue weighted by atomic mass is 19.4. The zero-order valence-electron chi connectivity index (χ0n) is 19.0. The predicted octanol–water partition coefficient (Wildman–Crippen LogP) is 2.64. The third-order valence-corrected chi connectivity index (χ3v) is 5.99. The number of carboxylic acids is 1. The number of carboxylic acid groups (broad SMARTS) is 1. The number of pyridine rings is 1. The van der Waals surface area contributed by atoms with Gasteiger partial charge >= 0.3 is 12.1 Å². The Balaban J connectivity index is 0.000000454. The van der Waals surface area contributed by atoms with Gasteiger partial charge in [-0.25, -0.2) is 4.79 Å². The third kappa shape index (κ3) is 6.37. The quantitative estimate of drug-likeness (QED) is 0.640. The highest BCUT2D eigenvalue weighted by Crippen LogP contribution is 2.42. The van der Waals surface area contributed by atoms with E-state index in [4.69, 9.17) is 19.9 Å². The van der Waals surface area contributed by atoms with Crippen molar-refractivity contribution in [3.63, 3.8) is 0 Å². The molecule has 3 heterocycles. The van der Waals surface area contributed by atoms with E-state index in [9.17, 15) is 22.8 Å². The molecule has 2 saturated heterocycles. The number of halogens is 3. The molecule has 2 fully saturated rings. The van der Waals surface area contributed by atoms with E-state index in [1.165, 1.54) is 0 Å². The van der Waals surface area contributed by atoms with Crippen molar-refractivity contribution >= 4 is 17.8 Å². The minimum absolute atomic E-state index is 0.0770. The summed E-state index contributed by atoms with van der Waals surface area (Å²) in [7, 11) is 0. The Morgan fingerprint density at radius 1 is 1.22 bits per heavy atom. The van der Waals surface area contributed by atoms with Crippen molar-refractivity contribution in [1.82, 2.24) is 15.2 Å². The van der Waals surface area contributed by atoms with Gasteiger partial charge in [0.2, 0.25) is 0 Å². The molecule has 12 heteroatoms. The minimum Gasteiger partial charge on any atom is -0.475 e. The van der Waals surface area contributed by atoms with Crippen molar-refractivity contribution in [2.75, 3.05) is 26.2 Å². The zero-order chi connectivity index (χ0) is 26.3. The Labute approximate surface area is 204 Å². The topological polar surface area (TPSA) is 133 Å². The van der Waals surface area contributed by atoms with Crippen LogP contribution in [0.15, 0.2) is 48.8 Å². The van der Waals surface area contributed by atoms with Crippen LogP contribution in [0.2, 0.25) is 0 Å². The summed E-state index contributed by atoms with van der Waals surface area (Å²) in [4.78, 5) is 39.5. The molecule has 0 radical (unpaired) electrons. The van der Waals surface area contributed by atoms with E-state index in [-0.39, 0.29) is 17.4 Å². The van der Waals surface area contributed by atoms with Crippen LogP contribution in [0.25, 0.3) is 0 Å². The fourth-order valence-corrected chi connectivity index (χ4v) is 4.15. The molecule has 190 valence electrons. The van der Waals surface area contributed by atoms with E-state index in [1.807, 2.05) is 0 Å². The first kappa shape index (κ1) is 26.6. The number of aliphatic carboxylic acids is 1. The van der Waals surface area contributed by atoms with Crippen molar-refractivity contribution in [3.8, 4) is 6.07 Å². The van der Waals surface area contributed by atoms with Gasteiger partial charge in [-0.3, -0.25) is 14.6 Å². The average molecular weight is 504 g/mol. The van der Waals surface area contributed by atoms with Crippen LogP contribution in [-0.4, -0.2) is 70.8 Å². The van der Waals surface area contributed by atoms with E-state index in [0.717, 1.165) is 12.8 Å². The normalized spacial score (nSPS) is 17.8. The van der Waals surface area contributed by atoms with Crippen LogP contribution < -0.4 is 5.32 Å². The van der Waals surface area contributed by atoms with Crippen molar-refractivity contribution in [1.29, 1.82) is 5.26 Å². The molecule has 2 aliphatic rings. The van der Waals surface area contributed by atoms with E-state index in [0.29, 0.717) is 48.8 Å². The molecule has 0 aliphatic carbocycles. The van der Waals surface area contributed by atoms with Gasteiger partial charge < -0.3 is 20.1 Å². The van der Waals surface area contributed by atoms with E-state index < -0.39 is 12.1 Å². The SMILES string of the molecule is N#Cc1cccc(C(=O)N2CC3(C2)OCCC3CCNC(=O)c2cccnc2)c1.O=C(O)C(F)(F)F. The highest BCUT2D eigenvalue weighted by Gasteiger charge is 2.54. The second-order valence-electron chi connectivity index (χ2n) is 8.34. The number of rotatable bonds is 5. The molecule has 9 nitrogen and oxygen atoms in total. The molecule has 4 rings (SSSR count). The van der Waals surface area contributed by atoms with E-state index in [1.54, 1.807) is 53.7 Å². The lowest BCUT2D eigenvalue weighted by molar-refractivity contribution is -0.192. The number of benzene rings is 1. The summed E-state index contributed by atoms with van der Waals surface area (Å²) in [6, 6.07) is 12.3. The second-order valence-corrected chi connectivity index (χ2v) is 8.34. The number of carbonyl (C=O) groups is 3. The number of nitrogens with one attached hydrogen (secondary N) is 1. The Hall–Kier alpha value is -3.98. The summed E-state index contributed by atoms with van der Waals surface area (Å²) in [5.74, 6) is -2.67. The number of amides is 2. The van der Waals surface area contributed by atoms with Gasteiger partial charge in [-0.15, -0.1) is 0 Å². The lowest BCUT2D eigenvalue weighted by Gasteiger charge is -2.50. The number of alkyl halides is 3. The fourth-order valence-electron chi connectivity index (χ4n) is 4.15. The number of ether oxygens (including phenoxy) is 1. The monoisotopic (exact) mass is 504 g/mol. The van der Waals surface area contributed by atoms with Crippen molar-refractivity contribution in [2.45, 2.75) is 24.6 Å². The van der Waals surface area contributed by atoms with Crippen LogP contribution in [0.4, 0.5) is 13.2 Å². The van der Waals surface area contributed by atoms with Gasteiger partial charge in [-0.1, -0.05) is 6.07 Å². The summed E-state index contributed by atoms with van der Waals surface area (Å²) in [5, 5.41) is 19.1. The predicted molar refractivity (Wildman–Crippen MR) is 119 cm³/mol. The number of nitriles is 1. The number of carbonyl (C=O) groups excluding carboxylic acids is 2. The van der Waals surface area contributed by atoms with Gasteiger partial charge in [-0.05, 0) is 49.1 Å². The molecule has 0 bridgehead atoms. The van der Waals surface area contributed by atoms with Gasteiger partial charge in [0.1, 0.15) is 5.60 Å². The number of hydrogen-bond acceptors (Lipinski definition) is 6. The van der Waals surface area contributed by atoms with Crippen LogP contribution in [-0.2, 0) is 9.53 Å². The van der Waals surface area contributed by atoms with E-state index >= 15 is 0 Å². The van der Waals surface area contributed by atoms with Gasteiger partial charge in [0.15, 0.2) is 0 Å². The van der Waals surface area contributed by atoms with Crippen LogP contribution in [0.1, 0.15) is 39.1 Å². The summed E-state index contributed by atoms with van der Waals surface area (Å²) >= 11 is 0. The first-order chi connectivity index (χ1) is 17.1. The molecule has 1 aromatic carbocycles. The lowest BCUT2D eigenvalue weighted by Crippen LogP contribution is -2.66. The van der Waals surface area contributed by atoms with E-state index in [2.05, 4.69) is 16.4 Å². The number of likely N-dealkylation sites (tertiary alicyclic amines) is 1. The average Bonchev–Trinajstić information content (AvgIpc) is 3.27. The number of aromatic nitrogens is 1. The molecule has 2 N–H and O–H groups in total. The van der Waals surface area contributed by atoms with Crippen LogP contribution in [0.5, 0.6) is 0 Å². The highest BCUT2D eigenvalue weighted by molar-refractivity contribution is 5.95. The zero-order valence-corrected chi connectivity index (χ0v) is 19.0. The smallest absolute Gasteiger partial charge is 0.475 e. The number of hydrogen-bond donors (Lipinski definition) is 2. The summed E-state index contributed by atoms with van der Waals surface area (Å²) in [5.41, 5.74) is 1.23. The largest absolute Gasteiger partial charge is 0.490 e. The fraction of sp³-hybridized carbons (Fsp3) is 0.375. The lowest BCUT2D eigenvalue weighted by atomic mass is 9.78. The van der Waals surface area contributed by atoms with Gasteiger partial charge in [0.25, 0.3) is 11.8 Å². The molecule has 1 aromatic heterocycles. The molecule has 2 aliphatic heterocycles. The van der Waals surface area contributed by atoms with Crippen molar-refractivity contribution in [2.24, 2.45) is 5.92 Å². The maximum Gasteiger partial charge on any atom is 0.490 e. The van der Waals surface area contributed by atoms with Gasteiger partial charge in [0, 0.05) is 31.1 Å². The molecule has 2 amide bonds. The maximum absolute atomic E-state index is 12.7. The molecular formula is C24H23F3N4O5. The second kappa shape index (κ2) is 11.2.